The van der Waals surface area contributed by atoms with Crippen molar-refractivity contribution < 1.29 is 0 Å². The molecule has 0 N–H and O–H groups in total. The molecule has 92 valence electrons. The summed E-state index contributed by atoms with van der Waals surface area (Å²) in [6.45, 7) is 0. The zero-order valence-corrected chi connectivity index (χ0v) is 12.4. The molecule has 0 fully saturated rings. The van der Waals surface area contributed by atoms with Crippen LogP contribution in [0.4, 0.5) is 0 Å². The first kappa shape index (κ1) is 15.4. The summed E-state index contributed by atoms with van der Waals surface area (Å²) in [6.07, 6.45) is 5.23. The standard InChI is InChI=1S/C8H3Cl6N3/c1-2-3-4-15-5(7(9,10)11)17-6(16-4)8(12,13)14/h1H,3H2. The fraction of sp³-hybridized carbons (Fsp3) is 0.375. The minimum Gasteiger partial charge on any atom is -0.212 e. The van der Waals surface area contributed by atoms with Gasteiger partial charge in [-0.3, -0.25) is 0 Å². The predicted octanol–water partition coefficient (Wildman–Crippen LogP) is 3.70. The molecule has 1 heterocycles. The summed E-state index contributed by atoms with van der Waals surface area (Å²) in [5, 5.41) is 0. The molecule has 9 heteroatoms. The highest BCUT2D eigenvalue weighted by Crippen LogP contribution is 2.39. The molecular formula is C8H3Cl6N3. The van der Waals surface area contributed by atoms with E-state index in [1.807, 2.05) is 0 Å². The average molecular weight is 354 g/mol. The van der Waals surface area contributed by atoms with Gasteiger partial charge in [-0.2, -0.15) is 0 Å². The van der Waals surface area contributed by atoms with E-state index in [0.717, 1.165) is 0 Å². The molecule has 0 aliphatic carbocycles. The summed E-state index contributed by atoms with van der Waals surface area (Å²) in [5.41, 5.74) is 0. The summed E-state index contributed by atoms with van der Waals surface area (Å²) in [6, 6.07) is 0. The maximum atomic E-state index is 5.65. The monoisotopic (exact) mass is 351 g/mol. The Labute approximate surface area is 128 Å². The Hall–Kier alpha value is 0.310. The highest BCUT2D eigenvalue weighted by atomic mass is 35.6. The zero-order chi connectivity index (χ0) is 13.3. The second-order valence-corrected chi connectivity index (χ2v) is 7.34. The van der Waals surface area contributed by atoms with Crippen LogP contribution in [0.2, 0.25) is 0 Å². The molecule has 0 unspecified atom stereocenters. The van der Waals surface area contributed by atoms with Crippen LogP contribution in [0.5, 0.6) is 0 Å². The number of alkyl halides is 6. The topological polar surface area (TPSA) is 38.7 Å². The van der Waals surface area contributed by atoms with Gasteiger partial charge in [-0.1, -0.05) is 75.5 Å². The van der Waals surface area contributed by atoms with Crippen molar-refractivity contribution >= 4 is 69.6 Å². The summed E-state index contributed by atoms with van der Waals surface area (Å²) in [4.78, 5) is 11.5. The maximum absolute atomic E-state index is 5.65. The van der Waals surface area contributed by atoms with Crippen molar-refractivity contribution in [2.24, 2.45) is 0 Å². The summed E-state index contributed by atoms with van der Waals surface area (Å²) >= 11 is 33.9. The average Bonchev–Trinajstić information content (AvgIpc) is 2.15. The molecule has 3 nitrogen and oxygen atoms in total. The van der Waals surface area contributed by atoms with Crippen LogP contribution >= 0.6 is 69.6 Å². The SMILES string of the molecule is C#CCc1nc(C(Cl)(Cl)Cl)nc(C(Cl)(Cl)Cl)n1. The quantitative estimate of drug-likeness (QED) is 0.570. The van der Waals surface area contributed by atoms with Crippen molar-refractivity contribution in [2.45, 2.75) is 14.0 Å². The molecule has 17 heavy (non-hydrogen) atoms. The van der Waals surface area contributed by atoms with Crippen LogP contribution in [0.3, 0.4) is 0 Å². The first-order chi connectivity index (χ1) is 7.64. The zero-order valence-electron chi connectivity index (χ0n) is 7.89. The normalized spacial score (nSPS) is 12.3. The van der Waals surface area contributed by atoms with E-state index < -0.39 is 7.59 Å². The van der Waals surface area contributed by atoms with Crippen LogP contribution in [-0.2, 0) is 14.0 Å². The fourth-order valence-corrected chi connectivity index (χ4v) is 1.35. The van der Waals surface area contributed by atoms with E-state index in [9.17, 15) is 0 Å². The van der Waals surface area contributed by atoms with E-state index in [2.05, 4.69) is 20.9 Å². The Morgan fingerprint density at radius 2 is 1.29 bits per heavy atom. The van der Waals surface area contributed by atoms with Gasteiger partial charge in [-0.25, -0.2) is 15.0 Å². The van der Waals surface area contributed by atoms with E-state index in [4.69, 9.17) is 76.0 Å². The second-order valence-electron chi connectivity index (χ2n) is 2.78. The molecule has 0 spiro atoms. The van der Waals surface area contributed by atoms with Crippen LogP contribution in [-0.4, -0.2) is 15.0 Å². The third-order valence-corrected chi connectivity index (χ3v) is 2.46. The van der Waals surface area contributed by atoms with Crippen LogP contribution in [0, 0.1) is 12.3 Å². The van der Waals surface area contributed by atoms with E-state index >= 15 is 0 Å². The molecule has 0 saturated heterocycles. The summed E-state index contributed by atoms with van der Waals surface area (Å²) < 4.78 is -3.70. The Bertz CT molecular complexity index is 424. The lowest BCUT2D eigenvalue weighted by molar-refractivity contribution is 0.800. The van der Waals surface area contributed by atoms with Crippen LogP contribution in [0.25, 0.3) is 0 Å². The molecule has 0 aliphatic heterocycles. The van der Waals surface area contributed by atoms with Crippen molar-refractivity contribution in [2.75, 3.05) is 0 Å². The Kier molecular flexibility index (Phi) is 4.99. The minimum absolute atomic E-state index is 0.101. The molecule has 0 radical (unpaired) electrons. The van der Waals surface area contributed by atoms with E-state index in [0.29, 0.717) is 0 Å². The number of hydrogen-bond acceptors (Lipinski definition) is 3. The Morgan fingerprint density at radius 3 is 1.59 bits per heavy atom. The molecule has 1 aromatic rings. The second kappa shape index (κ2) is 5.52. The molecule has 0 bridgehead atoms. The molecule has 0 aromatic carbocycles. The van der Waals surface area contributed by atoms with Gasteiger partial charge in [0, 0.05) is 0 Å². The van der Waals surface area contributed by atoms with Gasteiger partial charge >= 0.3 is 0 Å². The maximum Gasteiger partial charge on any atom is 0.250 e. The van der Waals surface area contributed by atoms with Crippen molar-refractivity contribution in [3.63, 3.8) is 0 Å². The van der Waals surface area contributed by atoms with Crippen molar-refractivity contribution in [3.8, 4) is 12.3 Å². The Balaban J connectivity index is 3.35. The molecule has 0 saturated carbocycles. The highest BCUT2D eigenvalue weighted by molar-refractivity contribution is 6.67. The van der Waals surface area contributed by atoms with E-state index in [1.165, 1.54) is 0 Å². The van der Waals surface area contributed by atoms with Crippen molar-refractivity contribution in [3.05, 3.63) is 17.5 Å². The third kappa shape index (κ3) is 4.48. The van der Waals surface area contributed by atoms with E-state index in [-0.39, 0.29) is 23.9 Å². The largest absolute Gasteiger partial charge is 0.250 e. The van der Waals surface area contributed by atoms with Crippen LogP contribution in [0.15, 0.2) is 0 Å². The molecule has 0 amide bonds. The molecule has 0 aliphatic rings. The van der Waals surface area contributed by atoms with Gasteiger partial charge < -0.3 is 0 Å². The number of hydrogen-bond donors (Lipinski definition) is 0. The van der Waals surface area contributed by atoms with Gasteiger partial charge in [0.15, 0.2) is 11.6 Å². The lowest BCUT2D eigenvalue weighted by Crippen LogP contribution is -2.17. The number of rotatable bonds is 1. The highest BCUT2D eigenvalue weighted by Gasteiger charge is 2.33. The van der Waals surface area contributed by atoms with E-state index in [1.54, 1.807) is 0 Å². The molecule has 1 aromatic heterocycles. The first-order valence-electron chi connectivity index (χ1n) is 3.97. The van der Waals surface area contributed by atoms with Gasteiger partial charge in [-0.05, 0) is 0 Å². The van der Waals surface area contributed by atoms with Gasteiger partial charge in [0.1, 0.15) is 5.82 Å². The predicted molar refractivity (Wildman–Crippen MR) is 70.8 cm³/mol. The lowest BCUT2D eigenvalue weighted by Gasteiger charge is -2.14. The molecule has 0 atom stereocenters. The first-order valence-corrected chi connectivity index (χ1v) is 6.24. The van der Waals surface area contributed by atoms with Crippen molar-refractivity contribution in [1.29, 1.82) is 0 Å². The summed E-state index contributed by atoms with van der Waals surface area (Å²) in [7, 11) is 0. The number of aromatic nitrogens is 3. The van der Waals surface area contributed by atoms with Crippen LogP contribution in [0.1, 0.15) is 17.5 Å². The lowest BCUT2D eigenvalue weighted by atomic mass is 10.4. The minimum atomic E-state index is -1.85. The smallest absolute Gasteiger partial charge is 0.212 e. The molecule has 1 rings (SSSR count). The van der Waals surface area contributed by atoms with Gasteiger partial charge in [0.2, 0.25) is 7.59 Å². The third-order valence-electron chi connectivity index (χ3n) is 1.45. The fourth-order valence-electron chi connectivity index (χ4n) is 0.844. The Morgan fingerprint density at radius 1 is 0.882 bits per heavy atom. The number of terminal acetylenes is 1. The van der Waals surface area contributed by atoms with Gasteiger partial charge in [-0.15, -0.1) is 6.42 Å². The van der Waals surface area contributed by atoms with Gasteiger partial charge in [0.25, 0.3) is 0 Å². The van der Waals surface area contributed by atoms with Gasteiger partial charge in [0.05, 0.1) is 6.42 Å². The number of halogens is 6. The van der Waals surface area contributed by atoms with Crippen molar-refractivity contribution in [1.82, 2.24) is 15.0 Å². The number of nitrogens with zero attached hydrogens (tertiary/aromatic N) is 3. The molecular weight excluding hydrogens is 351 g/mol. The summed E-state index contributed by atoms with van der Waals surface area (Å²) in [5.74, 6) is 2.22. The van der Waals surface area contributed by atoms with Crippen LogP contribution < -0.4 is 0 Å².